The highest BCUT2D eigenvalue weighted by molar-refractivity contribution is 7.89. The van der Waals surface area contributed by atoms with Crippen LogP contribution in [-0.2, 0) is 16.6 Å². The molecule has 2 aromatic rings. The van der Waals surface area contributed by atoms with E-state index in [0.29, 0.717) is 24.1 Å². The van der Waals surface area contributed by atoms with E-state index in [-0.39, 0.29) is 11.0 Å². The van der Waals surface area contributed by atoms with Crippen LogP contribution in [0.5, 0.6) is 5.75 Å². The molecule has 1 atom stereocenters. The van der Waals surface area contributed by atoms with Gasteiger partial charge in [-0.25, -0.2) is 13.6 Å². The van der Waals surface area contributed by atoms with Crippen molar-refractivity contribution < 1.29 is 13.2 Å². The van der Waals surface area contributed by atoms with Crippen molar-refractivity contribution in [1.82, 2.24) is 10.6 Å². The molecule has 0 aromatic heterocycles. The zero-order chi connectivity index (χ0) is 19.9. The monoisotopic (exact) mass is 410 g/mol. The number of rotatable bonds is 7. The van der Waals surface area contributed by atoms with Gasteiger partial charge >= 0.3 is 0 Å². The average Bonchev–Trinajstić information content (AvgIpc) is 2.63. The number of nitrogens with two attached hydrogens (primary N) is 1. The van der Waals surface area contributed by atoms with Crippen molar-refractivity contribution in [2.24, 2.45) is 10.1 Å². The molecule has 7 nitrogen and oxygen atoms in total. The van der Waals surface area contributed by atoms with E-state index in [0.717, 1.165) is 11.3 Å². The summed E-state index contributed by atoms with van der Waals surface area (Å²) in [7, 11) is -2.01. The van der Waals surface area contributed by atoms with E-state index in [1.807, 2.05) is 19.1 Å². The van der Waals surface area contributed by atoms with Gasteiger partial charge in [0, 0.05) is 18.6 Å². The Balaban J connectivity index is 1.80. The van der Waals surface area contributed by atoms with Gasteiger partial charge in [-0.1, -0.05) is 23.7 Å². The first-order valence-electron chi connectivity index (χ1n) is 8.26. The number of sulfonamides is 1. The van der Waals surface area contributed by atoms with E-state index >= 15 is 0 Å². The van der Waals surface area contributed by atoms with E-state index in [4.69, 9.17) is 21.5 Å². The molecule has 1 unspecified atom stereocenters. The van der Waals surface area contributed by atoms with Gasteiger partial charge in [0.05, 0.1) is 11.4 Å². The predicted octanol–water partition coefficient (Wildman–Crippen LogP) is 2.12. The van der Waals surface area contributed by atoms with E-state index < -0.39 is 10.0 Å². The summed E-state index contributed by atoms with van der Waals surface area (Å²) < 4.78 is 28.3. The third-order valence-electron chi connectivity index (χ3n) is 3.64. The van der Waals surface area contributed by atoms with Crippen molar-refractivity contribution in [3.05, 3.63) is 59.1 Å². The molecular formula is C18H23ClN4O3S. The van der Waals surface area contributed by atoms with Gasteiger partial charge in [0.25, 0.3) is 0 Å². The van der Waals surface area contributed by atoms with Crippen molar-refractivity contribution in [1.29, 1.82) is 0 Å². The van der Waals surface area contributed by atoms with Crippen molar-refractivity contribution >= 4 is 27.6 Å². The highest BCUT2D eigenvalue weighted by Crippen LogP contribution is 2.16. The molecule has 0 heterocycles. The Kier molecular flexibility index (Phi) is 7.46. The highest BCUT2D eigenvalue weighted by Gasteiger charge is 2.08. The number of nitrogens with zero attached hydrogens (tertiary/aromatic N) is 1. The first-order valence-corrected chi connectivity index (χ1v) is 10.2. The summed E-state index contributed by atoms with van der Waals surface area (Å²) in [6.07, 6.45) is -0.0845. The average molecular weight is 411 g/mol. The van der Waals surface area contributed by atoms with Crippen molar-refractivity contribution in [3.63, 3.8) is 0 Å². The zero-order valence-electron chi connectivity index (χ0n) is 15.1. The molecule has 0 amide bonds. The SMILES string of the molecule is CN=C(NCc1ccc(S(N)(=O)=O)cc1)NCC(C)Oc1ccc(Cl)cc1. The number of guanidine groups is 1. The lowest BCUT2D eigenvalue weighted by Crippen LogP contribution is -2.41. The number of hydrogen-bond donors (Lipinski definition) is 3. The standard InChI is InChI=1S/C18H23ClN4O3S/c1-13(26-16-7-5-15(19)6-8-16)11-22-18(21-2)23-12-14-3-9-17(10-4-14)27(20,24)25/h3-10,13H,11-12H2,1-2H3,(H2,20,24,25)(H2,21,22,23). The van der Waals surface area contributed by atoms with Crippen molar-refractivity contribution in [2.75, 3.05) is 13.6 Å². The van der Waals surface area contributed by atoms with Crippen LogP contribution in [0, 0.1) is 0 Å². The molecule has 0 aliphatic rings. The lowest BCUT2D eigenvalue weighted by Gasteiger charge is -2.18. The quantitative estimate of drug-likeness (QED) is 0.479. The lowest BCUT2D eigenvalue weighted by atomic mass is 10.2. The van der Waals surface area contributed by atoms with Gasteiger partial charge in [0.15, 0.2) is 5.96 Å². The molecule has 0 fully saturated rings. The molecule has 0 aliphatic carbocycles. The van der Waals surface area contributed by atoms with Gasteiger partial charge in [0.2, 0.25) is 10.0 Å². The largest absolute Gasteiger partial charge is 0.489 e. The Morgan fingerprint density at radius 3 is 2.33 bits per heavy atom. The molecule has 2 aromatic carbocycles. The van der Waals surface area contributed by atoms with Crippen LogP contribution in [-0.4, -0.2) is 34.1 Å². The summed E-state index contributed by atoms with van der Waals surface area (Å²) in [6.45, 7) is 2.98. The van der Waals surface area contributed by atoms with Crippen LogP contribution in [0.3, 0.4) is 0 Å². The molecular weight excluding hydrogens is 388 g/mol. The van der Waals surface area contributed by atoms with Gasteiger partial charge < -0.3 is 15.4 Å². The predicted molar refractivity (Wildman–Crippen MR) is 108 cm³/mol. The van der Waals surface area contributed by atoms with Crippen molar-refractivity contribution in [2.45, 2.75) is 24.5 Å². The number of ether oxygens (including phenoxy) is 1. The number of primary sulfonamides is 1. The van der Waals surface area contributed by atoms with Crippen LogP contribution < -0.4 is 20.5 Å². The Labute approximate surface area is 164 Å². The number of benzene rings is 2. The molecule has 146 valence electrons. The topological polar surface area (TPSA) is 106 Å². The Hall–Kier alpha value is -2.29. The summed E-state index contributed by atoms with van der Waals surface area (Å²) in [6, 6.07) is 13.5. The van der Waals surface area contributed by atoms with E-state index in [1.165, 1.54) is 12.1 Å². The fourth-order valence-electron chi connectivity index (χ4n) is 2.23. The maximum absolute atomic E-state index is 11.3. The van der Waals surface area contributed by atoms with Gasteiger partial charge in [-0.3, -0.25) is 4.99 Å². The minimum absolute atomic E-state index is 0.0845. The zero-order valence-corrected chi connectivity index (χ0v) is 16.7. The second-order valence-corrected chi connectivity index (χ2v) is 7.88. The number of aliphatic imine (C=N–C) groups is 1. The molecule has 4 N–H and O–H groups in total. The van der Waals surface area contributed by atoms with Crippen LogP contribution >= 0.6 is 11.6 Å². The third kappa shape index (κ3) is 7.09. The minimum atomic E-state index is -3.68. The molecule has 2 rings (SSSR count). The third-order valence-corrected chi connectivity index (χ3v) is 4.82. The maximum Gasteiger partial charge on any atom is 0.238 e. The molecule has 0 aliphatic heterocycles. The summed E-state index contributed by atoms with van der Waals surface area (Å²) >= 11 is 5.86. The second kappa shape index (κ2) is 9.59. The van der Waals surface area contributed by atoms with Gasteiger partial charge in [-0.05, 0) is 48.9 Å². The highest BCUT2D eigenvalue weighted by atomic mass is 35.5. The second-order valence-electron chi connectivity index (χ2n) is 5.88. The molecule has 0 bridgehead atoms. The smallest absolute Gasteiger partial charge is 0.238 e. The van der Waals surface area contributed by atoms with Crippen LogP contribution in [0.25, 0.3) is 0 Å². The van der Waals surface area contributed by atoms with Crippen LogP contribution in [0.4, 0.5) is 0 Å². The fourth-order valence-corrected chi connectivity index (χ4v) is 2.87. The van der Waals surface area contributed by atoms with Gasteiger partial charge in [0.1, 0.15) is 11.9 Å². The number of hydrogen-bond acceptors (Lipinski definition) is 4. The fraction of sp³-hybridized carbons (Fsp3) is 0.278. The minimum Gasteiger partial charge on any atom is -0.489 e. The molecule has 0 radical (unpaired) electrons. The van der Waals surface area contributed by atoms with E-state index in [1.54, 1.807) is 31.3 Å². The first-order chi connectivity index (χ1) is 12.8. The Bertz CT molecular complexity index is 868. The summed E-state index contributed by atoms with van der Waals surface area (Å²) in [5.41, 5.74) is 0.899. The van der Waals surface area contributed by atoms with Gasteiger partial charge in [-0.15, -0.1) is 0 Å². The molecule has 0 saturated heterocycles. The van der Waals surface area contributed by atoms with Crippen molar-refractivity contribution in [3.8, 4) is 5.75 Å². The van der Waals surface area contributed by atoms with Crippen LogP contribution in [0.15, 0.2) is 58.4 Å². The lowest BCUT2D eigenvalue weighted by molar-refractivity contribution is 0.224. The molecule has 27 heavy (non-hydrogen) atoms. The van der Waals surface area contributed by atoms with E-state index in [2.05, 4.69) is 15.6 Å². The summed E-state index contributed by atoms with van der Waals surface area (Å²) in [5.74, 6) is 1.35. The molecule has 0 saturated carbocycles. The van der Waals surface area contributed by atoms with E-state index in [9.17, 15) is 8.42 Å². The molecule has 9 heteroatoms. The van der Waals surface area contributed by atoms with Gasteiger partial charge in [-0.2, -0.15) is 0 Å². The number of nitrogens with one attached hydrogen (secondary N) is 2. The summed E-state index contributed by atoms with van der Waals surface area (Å²) in [4.78, 5) is 4.24. The first kappa shape index (κ1) is 21.0. The Morgan fingerprint density at radius 2 is 1.78 bits per heavy atom. The maximum atomic E-state index is 11.3. The Morgan fingerprint density at radius 1 is 1.15 bits per heavy atom. The normalized spacial score (nSPS) is 13.1. The summed E-state index contributed by atoms with van der Waals surface area (Å²) in [5, 5.41) is 12.1. The van der Waals surface area contributed by atoms with Crippen LogP contribution in [0.2, 0.25) is 5.02 Å². The number of halogens is 1. The van der Waals surface area contributed by atoms with Crippen LogP contribution in [0.1, 0.15) is 12.5 Å². The molecule has 0 spiro atoms.